The van der Waals surface area contributed by atoms with Gasteiger partial charge in [-0.2, -0.15) is 5.26 Å². The second-order valence-electron chi connectivity index (χ2n) is 4.31. The van der Waals surface area contributed by atoms with Gasteiger partial charge in [-0.1, -0.05) is 11.8 Å². The molecule has 21 heavy (non-hydrogen) atoms. The number of thioether (sulfide) groups is 1. The van der Waals surface area contributed by atoms with Gasteiger partial charge in [0.25, 0.3) is 0 Å². The third kappa shape index (κ3) is 3.35. The molecule has 0 aliphatic carbocycles. The van der Waals surface area contributed by atoms with Crippen molar-refractivity contribution < 1.29 is 9.53 Å². The molecule has 2 aromatic rings. The molecule has 0 atom stereocenters. The maximum Gasteiger partial charge on any atom is 0.185 e. The van der Waals surface area contributed by atoms with Crippen LogP contribution < -0.4 is 10.5 Å². The number of fused-ring (bicyclic) bond motifs is 1. The van der Waals surface area contributed by atoms with Gasteiger partial charge < -0.3 is 15.5 Å². The lowest BCUT2D eigenvalue weighted by Gasteiger charge is -1.99. The van der Waals surface area contributed by atoms with E-state index in [4.69, 9.17) is 15.7 Å². The summed E-state index contributed by atoms with van der Waals surface area (Å²) >= 11 is 1.23. The summed E-state index contributed by atoms with van der Waals surface area (Å²) in [4.78, 5) is 19.3. The van der Waals surface area contributed by atoms with E-state index in [9.17, 15) is 4.79 Å². The number of hydrogen-bond donors (Lipinski definition) is 2. The normalized spacial score (nSPS) is 11.9. The number of aromatic nitrogens is 2. The van der Waals surface area contributed by atoms with Crippen LogP contribution in [0.2, 0.25) is 0 Å². The van der Waals surface area contributed by atoms with Gasteiger partial charge in [0.15, 0.2) is 10.9 Å². The second-order valence-corrected chi connectivity index (χ2v) is 5.27. The molecule has 108 valence electrons. The average Bonchev–Trinajstić information content (AvgIpc) is 2.87. The first-order valence-electron chi connectivity index (χ1n) is 6.11. The molecule has 2 rings (SSSR count). The van der Waals surface area contributed by atoms with E-state index in [0.29, 0.717) is 5.16 Å². The minimum atomic E-state index is -0.305. The quantitative estimate of drug-likeness (QED) is 0.497. The van der Waals surface area contributed by atoms with Crippen LogP contribution in [0.4, 0.5) is 0 Å². The minimum absolute atomic E-state index is 0.000260. The Morgan fingerprint density at radius 3 is 2.95 bits per heavy atom. The van der Waals surface area contributed by atoms with Crippen molar-refractivity contribution in [1.29, 1.82) is 5.26 Å². The third-order valence-electron chi connectivity index (χ3n) is 2.79. The fourth-order valence-corrected chi connectivity index (χ4v) is 2.49. The Bertz CT molecular complexity index is 754. The zero-order valence-electron chi connectivity index (χ0n) is 11.6. The standard InChI is InChI=1S/C14H14N4O2S/c1-8(16)10(6-15)13(19)7-21-14-17-11-4-3-9(20-2)5-12(11)18-14/h3-5H,7,16H2,1-2H3,(H,17,18). The smallest absolute Gasteiger partial charge is 0.185 e. The van der Waals surface area contributed by atoms with E-state index >= 15 is 0 Å². The van der Waals surface area contributed by atoms with Crippen LogP contribution in [0.3, 0.4) is 0 Å². The van der Waals surface area contributed by atoms with Crippen molar-refractivity contribution in [3.8, 4) is 11.8 Å². The molecule has 0 fully saturated rings. The molecule has 1 aromatic carbocycles. The number of ether oxygens (including phenoxy) is 1. The number of nitriles is 1. The zero-order chi connectivity index (χ0) is 15.4. The maximum absolute atomic E-state index is 11.9. The summed E-state index contributed by atoms with van der Waals surface area (Å²) in [7, 11) is 1.59. The Balaban J connectivity index is 2.13. The fraction of sp³-hybridized carbons (Fsp3) is 0.214. The molecule has 1 heterocycles. The minimum Gasteiger partial charge on any atom is -0.497 e. The summed E-state index contributed by atoms with van der Waals surface area (Å²) in [6, 6.07) is 7.31. The highest BCUT2D eigenvalue weighted by molar-refractivity contribution is 7.99. The van der Waals surface area contributed by atoms with Crippen LogP contribution in [0.1, 0.15) is 6.92 Å². The number of rotatable bonds is 5. The number of imidazole rings is 1. The second kappa shape index (κ2) is 6.33. The molecule has 0 aliphatic heterocycles. The lowest BCUT2D eigenvalue weighted by atomic mass is 10.2. The molecule has 0 bridgehead atoms. The Labute approximate surface area is 126 Å². The molecule has 1 aromatic heterocycles. The molecule has 0 saturated carbocycles. The summed E-state index contributed by atoms with van der Waals surface area (Å²) in [5, 5.41) is 9.49. The zero-order valence-corrected chi connectivity index (χ0v) is 12.5. The predicted octanol–water partition coefficient (Wildman–Crippen LogP) is 1.99. The number of H-pyrrole nitrogens is 1. The van der Waals surface area contributed by atoms with Crippen molar-refractivity contribution in [1.82, 2.24) is 9.97 Å². The topological polar surface area (TPSA) is 105 Å². The number of benzene rings is 1. The van der Waals surface area contributed by atoms with Crippen molar-refractivity contribution >= 4 is 28.6 Å². The van der Waals surface area contributed by atoms with Crippen molar-refractivity contribution in [3.63, 3.8) is 0 Å². The maximum atomic E-state index is 11.9. The van der Waals surface area contributed by atoms with Crippen LogP contribution in [0, 0.1) is 11.3 Å². The van der Waals surface area contributed by atoms with Crippen LogP contribution in [0.5, 0.6) is 5.75 Å². The van der Waals surface area contributed by atoms with Crippen LogP contribution in [0.25, 0.3) is 11.0 Å². The number of hydrogen-bond acceptors (Lipinski definition) is 6. The highest BCUT2D eigenvalue weighted by atomic mass is 32.2. The molecular weight excluding hydrogens is 288 g/mol. The van der Waals surface area contributed by atoms with E-state index in [1.807, 2.05) is 24.3 Å². The third-order valence-corrected chi connectivity index (χ3v) is 3.67. The summed E-state index contributed by atoms with van der Waals surface area (Å²) in [5.41, 5.74) is 7.35. The number of ketones is 1. The van der Waals surface area contributed by atoms with E-state index in [0.717, 1.165) is 16.8 Å². The molecule has 0 saturated heterocycles. The summed E-state index contributed by atoms with van der Waals surface area (Å²) in [6.07, 6.45) is 0. The van der Waals surface area contributed by atoms with E-state index in [1.165, 1.54) is 18.7 Å². The number of nitrogens with one attached hydrogen (secondary N) is 1. The van der Waals surface area contributed by atoms with Gasteiger partial charge in [0.05, 0.1) is 23.9 Å². The first kappa shape index (κ1) is 14.9. The van der Waals surface area contributed by atoms with Crippen LogP contribution >= 0.6 is 11.8 Å². The molecule has 0 aliphatic rings. The Morgan fingerprint density at radius 1 is 1.57 bits per heavy atom. The molecule has 0 radical (unpaired) electrons. The van der Waals surface area contributed by atoms with E-state index < -0.39 is 0 Å². The SMILES string of the molecule is COc1ccc2nc(SCC(=O)C(C#N)=C(C)N)[nH]c2c1. The van der Waals surface area contributed by atoms with Crippen molar-refractivity contribution in [3.05, 3.63) is 29.5 Å². The first-order valence-corrected chi connectivity index (χ1v) is 7.10. The number of methoxy groups -OCH3 is 1. The van der Waals surface area contributed by atoms with E-state index in [2.05, 4.69) is 9.97 Å². The molecule has 0 spiro atoms. The average molecular weight is 302 g/mol. The summed E-state index contributed by atoms with van der Waals surface area (Å²) in [5.74, 6) is 0.529. The van der Waals surface area contributed by atoms with Gasteiger partial charge in [0.1, 0.15) is 17.4 Å². The molecule has 6 nitrogen and oxygen atoms in total. The summed E-state index contributed by atoms with van der Waals surface area (Å²) in [6.45, 7) is 1.54. The molecular formula is C14H14N4O2S. The van der Waals surface area contributed by atoms with E-state index in [1.54, 1.807) is 7.11 Å². The van der Waals surface area contributed by atoms with Crippen LogP contribution in [0.15, 0.2) is 34.6 Å². The predicted molar refractivity (Wildman–Crippen MR) is 80.9 cm³/mol. The van der Waals surface area contributed by atoms with Gasteiger partial charge >= 0.3 is 0 Å². The van der Waals surface area contributed by atoms with Crippen molar-refractivity contribution in [2.45, 2.75) is 12.1 Å². The number of carbonyl (C=O) groups is 1. The summed E-state index contributed by atoms with van der Waals surface area (Å²) < 4.78 is 5.14. The van der Waals surface area contributed by atoms with Gasteiger partial charge in [0.2, 0.25) is 0 Å². The van der Waals surface area contributed by atoms with E-state index in [-0.39, 0.29) is 22.8 Å². The number of nitrogens with zero attached hydrogens (tertiary/aromatic N) is 2. The van der Waals surface area contributed by atoms with Gasteiger partial charge in [-0.15, -0.1) is 0 Å². The number of nitrogens with two attached hydrogens (primary N) is 1. The van der Waals surface area contributed by atoms with Gasteiger partial charge in [-0.25, -0.2) is 4.98 Å². The highest BCUT2D eigenvalue weighted by Crippen LogP contribution is 2.23. The van der Waals surface area contributed by atoms with Gasteiger partial charge in [-0.3, -0.25) is 4.79 Å². The lowest BCUT2D eigenvalue weighted by molar-refractivity contribution is -0.112. The van der Waals surface area contributed by atoms with Crippen LogP contribution in [-0.4, -0.2) is 28.6 Å². The van der Waals surface area contributed by atoms with Gasteiger partial charge in [-0.05, 0) is 19.1 Å². The molecule has 7 heteroatoms. The van der Waals surface area contributed by atoms with Gasteiger partial charge in [0, 0.05) is 11.8 Å². The number of aromatic amines is 1. The van der Waals surface area contributed by atoms with Crippen molar-refractivity contribution in [2.75, 3.05) is 12.9 Å². The fourth-order valence-electron chi connectivity index (χ4n) is 1.74. The highest BCUT2D eigenvalue weighted by Gasteiger charge is 2.13. The molecule has 0 unspecified atom stereocenters. The number of carbonyl (C=O) groups excluding carboxylic acids is 1. The Kier molecular flexibility index (Phi) is 4.50. The Morgan fingerprint density at radius 2 is 2.33 bits per heavy atom. The largest absolute Gasteiger partial charge is 0.497 e. The number of Topliss-reactive ketones (excluding diaryl/α,β-unsaturated/α-hetero) is 1. The van der Waals surface area contributed by atoms with Crippen molar-refractivity contribution in [2.24, 2.45) is 5.73 Å². The van der Waals surface area contributed by atoms with Crippen LogP contribution in [-0.2, 0) is 4.79 Å². The number of allylic oxidation sites excluding steroid dienone is 2. The molecule has 3 N–H and O–H groups in total. The first-order chi connectivity index (χ1) is 10.0. The Hall–Kier alpha value is -2.46. The monoisotopic (exact) mass is 302 g/mol. The molecule has 0 amide bonds. The lowest BCUT2D eigenvalue weighted by Crippen LogP contribution is -2.10.